The van der Waals surface area contributed by atoms with Crippen LogP contribution in [-0.2, 0) is 9.53 Å². The largest absolute Gasteiger partial charge is 0.394 e. The number of hydrogen-bond donors (Lipinski definition) is 4. The first-order valence-corrected chi connectivity index (χ1v) is 6.46. The number of amidine groups is 1. The van der Waals surface area contributed by atoms with Gasteiger partial charge in [0.1, 0.15) is 12.2 Å². The number of carbonyl (C=O) groups excluding carboxylic acids is 1. The van der Waals surface area contributed by atoms with Gasteiger partial charge in [-0.3, -0.25) is 9.79 Å². The lowest BCUT2D eigenvalue weighted by Crippen LogP contribution is -2.32. The van der Waals surface area contributed by atoms with Crippen molar-refractivity contribution in [2.75, 3.05) is 26.5 Å². The summed E-state index contributed by atoms with van der Waals surface area (Å²) in [5, 5.41) is 9.01. The number of aliphatic imine (C=N–C) groups is 1. The Kier molecular flexibility index (Phi) is 9.35. The van der Waals surface area contributed by atoms with Crippen molar-refractivity contribution in [3.63, 3.8) is 0 Å². The maximum absolute atomic E-state index is 10.8. The highest BCUT2D eigenvalue weighted by Crippen LogP contribution is 2.22. The second kappa shape index (κ2) is 9.93. The molecule has 0 fully saturated rings. The van der Waals surface area contributed by atoms with Crippen molar-refractivity contribution in [1.82, 2.24) is 4.90 Å². The number of carbonyl (C=O) groups is 1. The van der Waals surface area contributed by atoms with E-state index >= 15 is 0 Å². The fraction of sp³-hybridized carbons (Fsp3) is 0.556. The van der Waals surface area contributed by atoms with E-state index in [4.69, 9.17) is 25.4 Å². The molecule has 9 heteroatoms. The molecule has 0 aliphatic heterocycles. The minimum Gasteiger partial charge on any atom is -0.394 e. The fourth-order valence-electron chi connectivity index (χ4n) is 0.956. The van der Waals surface area contributed by atoms with Gasteiger partial charge in [-0.1, -0.05) is 0 Å². The third-order valence-corrected chi connectivity index (χ3v) is 2.25. The molecule has 0 aromatic heterocycles. The summed E-state index contributed by atoms with van der Waals surface area (Å²) in [7, 11) is -0.677. The number of aliphatic hydroxyl groups excluding tert-OH is 1. The van der Waals surface area contributed by atoms with Gasteiger partial charge in [-0.25, -0.2) is 0 Å². The summed E-state index contributed by atoms with van der Waals surface area (Å²) in [6.07, 6.45) is 2.36. The predicted octanol–water partition coefficient (Wildman–Crippen LogP) is -1.42. The number of amides is 1. The minimum absolute atomic E-state index is 0.0661. The summed E-state index contributed by atoms with van der Waals surface area (Å²) < 4.78 is 5.00. The number of nitrogens with two attached hydrogens (primary N) is 1. The zero-order valence-electron chi connectivity index (χ0n) is 10.0. The van der Waals surface area contributed by atoms with Crippen LogP contribution >= 0.6 is 8.38 Å². The van der Waals surface area contributed by atoms with Crippen molar-refractivity contribution >= 4 is 20.6 Å². The Balaban J connectivity index is 4.31. The van der Waals surface area contributed by atoms with Crippen LogP contribution in [0.5, 0.6) is 0 Å². The first kappa shape index (κ1) is 16.9. The third kappa shape index (κ3) is 8.10. The topological polar surface area (TPSA) is 129 Å². The monoisotopic (exact) mass is 279 g/mol. The van der Waals surface area contributed by atoms with Gasteiger partial charge in [-0.15, -0.1) is 0 Å². The lowest BCUT2D eigenvalue weighted by molar-refractivity contribution is -0.117. The van der Waals surface area contributed by atoms with Gasteiger partial charge in [-0.2, -0.15) is 0 Å². The lowest BCUT2D eigenvalue weighted by atomic mass is 10.3. The zero-order valence-corrected chi connectivity index (χ0v) is 10.9. The van der Waals surface area contributed by atoms with Gasteiger partial charge in [0, 0.05) is 13.2 Å². The molecule has 0 radical (unpaired) electrons. The molecule has 1 amide bonds. The quantitative estimate of drug-likeness (QED) is 0.177. The minimum atomic E-state index is -2.19. The summed E-state index contributed by atoms with van der Waals surface area (Å²) >= 11 is 0. The van der Waals surface area contributed by atoms with Crippen LogP contribution in [0, 0.1) is 0 Å². The number of nitrogens with zero attached hydrogens (tertiary/aromatic N) is 2. The van der Waals surface area contributed by atoms with Gasteiger partial charge in [0.05, 0.1) is 19.3 Å². The smallest absolute Gasteiger partial charge is 0.213 e. The second-order valence-corrected chi connectivity index (χ2v) is 4.24. The number of hydrogen-bond acceptors (Lipinski definition) is 6. The van der Waals surface area contributed by atoms with Gasteiger partial charge in [0.25, 0.3) is 0 Å². The molecule has 8 nitrogen and oxygen atoms in total. The van der Waals surface area contributed by atoms with E-state index in [2.05, 4.69) is 4.99 Å². The van der Waals surface area contributed by atoms with Crippen LogP contribution in [0.2, 0.25) is 0 Å². The van der Waals surface area contributed by atoms with Gasteiger partial charge < -0.3 is 30.3 Å². The molecule has 0 aromatic carbocycles. The van der Waals surface area contributed by atoms with E-state index in [9.17, 15) is 4.79 Å². The van der Waals surface area contributed by atoms with E-state index in [-0.39, 0.29) is 25.3 Å². The summed E-state index contributed by atoms with van der Waals surface area (Å²) in [5.41, 5.74) is 5.41. The number of aliphatic hydroxyl groups is 1. The molecule has 104 valence electrons. The average molecular weight is 279 g/mol. The van der Waals surface area contributed by atoms with Gasteiger partial charge >= 0.3 is 0 Å². The predicted molar refractivity (Wildman–Crippen MR) is 67.6 cm³/mol. The van der Waals surface area contributed by atoms with Crippen LogP contribution in [0.4, 0.5) is 0 Å². The Hall–Kier alpha value is -1.05. The van der Waals surface area contributed by atoms with Crippen LogP contribution in [0.15, 0.2) is 17.3 Å². The van der Waals surface area contributed by atoms with E-state index < -0.39 is 14.5 Å². The third-order valence-electron chi connectivity index (χ3n) is 1.87. The van der Waals surface area contributed by atoms with E-state index in [1.165, 1.54) is 24.2 Å². The standard InChI is InChI=1S/C9H18N3O5P/c1-11-9(10)2-3-12(6-14)4-8(5-13)17-7-18(15)16/h2-3,6,8,13,15-16H,4-5,7H2,1H3,(H2,10,11)/b3-2-. The van der Waals surface area contributed by atoms with Crippen LogP contribution < -0.4 is 5.73 Å². The molecule has 0 aromatic rings. The van der Waals surface area contributed by atoms with Gasteiger partial charge in [0.2, 0.25) is 6.41 Å². The van der Waals surface area contributed by atoms with E-state index in [1.54, 1.807) is 0 Å². The fourth-order valence-corrected chi connectivity index (χ4v) is 1.30. The van der Waals surface area contributed by atoms with Crippen LogP contribution in [-0.4, -0.2) is 64.7 Å². The average Bonchev–Trinajstić information content (AvgIpc) is 2.37. The normalized spacial score (nSPS) is 14.2. The zero-order chi connectivity index (χ0) is 14.0. The lowest BCUT2D eigenvalue weighted by Gasteiger charge is -2.20. The number of ether oxygens (including phenoxy) is 1. The molecule has 5 N–H and O–H groups in total. The molecular weight excluding hydrogens is 261 g/mol. The van der Waals surface area contributed by atoms with E-state index in [0.29, 0.717) is 6.41 Å². The molecule has 0 heterocycles. The summed E-state index contributed by atoms with van der Waals surface area (Å²) in [5.74, 6) is 0.248. The highest BCUT2D eigenvalue weighted by molar-refractivity contribution is 7.44. The van der Waals surface area contributed by atoms with Crippen molar-refractivity contribution in [3.05, 3.63) is 12.3 Å². The molecular formula is C9H18N3O5P. The van der Waals surface area contributed by atoms with Crippen molar-refractivity contribution < 1.29 is 24.4 Å². The molecule has 0 saturated carbocycles. The van der Waals surface area contributed by atoms with Crippen molar-refractivity contribution in [2.45, 2.75) is 6.10 Å². The highest BCUT2D eigenvalue weighted by atomic mass is 31.2. The van der Waals surface area contributed by atoms with Gasteiger partial charge in [0.15, 0.2) is 8.38 Å². The summed E-state index contributed by atoms with van der Waals surface area (Å²) in [4.78, 5) is 33.0. The molecule has 1 atom stereocenters. The second-order valence-electron chi connectivity index (χ2n) is 3.24. The highest BCUT2D eigenvalue weighted by Gasteiger charge is 2.13. The molecule has 1 unspecified atom stereocenters. The molecule has 0 saturated heterocycles. The van der Waals surface area contributed by atoms with Crippen LogP contribution in [0.1, 0.15) is 0 Å². The summed E-state index contributed by atoms with van der Waals surface area (Å²) in [6.45, 7) is -0.282. The van der Waals surface area contributed by atoms with Crippen molar-refractivity contribution in [1.29, 1.82) is 0 Å². The van der Waals surface area contributed by atoms with Crippen molar-refractivity contribution in [3.8, 4) is 0 Å². The molecule has 0 spiro atoms. The van der Waals surface area contributed by atoms with E-state index in [1.807, 2.05) is 0 Å². The molecule has 0 bridgehead atoms. The molecule has 0 rings (SSSR count). The maximum atomic E-state index is 10.8. The van der Waals surface area contributed by atoms with E-state index in [0.717, 1.165) is 0 Å². The molecule has 0 aliphatic rings. The Morgan fingerprint density at radius 3 is 2.72 bits per heavy atom. The molecule has 0 aliphatic carbocycles. The Morgan fingerprint density at radius 2 is 2.28 bits per heavy atom. The maximum Gasteiger partial charge on any atom is 0.213 e. The van der Waals surface area contributed by atoms with Crippen LogP contribution in [0.3, 0.4) is 0 Å². The first-order chi connectivity index (χ1) is 8.53. The number of rotatable bonds is 9. The molecule has 18 heavy (non-hydrogen) atoms. The van der Waals surface area contributed by atoms with Crippen LogP contribution in [0.25, 0.3) is 0 Å². The Bertz CT molecular complexity index is 298. The first-order valence-electron chi connectivity index (χ1n) is 5.02. The Morgan fingerprint density at radius 1 is 1.61 bits per heavy atom. The SMILES string of the molecule is CN=C(N)/C=C\N(C=O)CC(CO)OCP(O)O. The summed E-state index contributed by atoms with van der Waals surface area (Å²) in [6, 6.07) is 0. The Labute approximate surface area is 106 Å². The van der Waals surface area contributed by atoms with Gasteiger partial charge in [-0.05, 0) is 6.08 Å². The van der Waals surface area contributed by atoms with Crippen molar-refractivity contribution in [2.24, 2.45) is 10.7 Å².